The lowest BCUT2D eigenvalue weighted by Gasteiger charge is -2.20. The van der Waals surface area contributed by atoms with Gasteiger partial charge in [0, 0.05) is 5.56 Å². The van der Waals surface area contributed by atoms with Crippen LogP contribution < -0.4 is 0 Å². The van der Waals surface area contributed by atoms with Gasteiger partial charge in [0.25, 0.3) is 0 Å². The van der Waals surface area contributed by atoms with Crippen molar-refractivity contribution >= 4 is 0 Å². The highest BCUT2D eigenvalue weighted by Gasteiger charge is 2.23. The lowest BCUT2D eigenvalue weighted by Crippen LogP contribution is -2.16. The minimum atomic E-state index is -0.957. The zero-order chi connectivity index (χ0) is 10.3. The highest BCUT2D eigenvalue weighted by Crippen LogP contribution is 2.34. The van der Waals surface area contributed by atoms with Crippen LogP contribution in [0.15, 0.2) is 12.1 Å². The van der Waals surface area contributed by atoms with E-state index >= 15 is 0 Å². The van der Waals surface area contributed by atoms with Crippen molar-refractivity contribution in [3.63, 3.8) is 0 Å². The van der Waals surface area contributed by atoms with Crippen LogP contribution in [-0.4, -0.2) is 10.2 Å². The molecule has 14 heavy (non-hydrogen) atoms. The van der Waals surface area contributed by atoms with Gasteiger partial charge in [-0.3, -0.25) is 0 Å². The first-order valence-electron chi connectivity index (χ1n) is 5.06. The van der Waals surface area contributed by atoms with E-state index in [9.17, 15) is 10.2 Å². The van der Waals surface area contributed by atoms with E-state index in [0.29, 0.717) is 5.56 Å². The van der Waals surface area contributed by atoms with Crippen LogP contribution in [0.2, 0.25) is 0 Å². The van der Waals surface area contributed by atoms with Gasteiger partial charge in [-0.15, -0.1) is 0 Å². The van der Waals surface area contributed by atoms with Crippen LogP contribution in [0.3, 0.4) is 0 Å². The largest absolute Gasteiger partial charge is 0.508 e. The summed E-state index contributed by atoms with van der Waals surface area (Å²) < 4.78 is 0. The molecule has 1 aromatic rings. The summed E-state index contributed by atoms with van der Waals surface area (Å²) in [4.78, 5) is 0. The molecule has 2 heteroatoms. The van der Waals surface area contributed by atoms with Gasteiger partial charge in [0.1, 0.15) is 5.75 Å². The van der Waals surface area contributed by atoms with Crippen molar-refractivity contribution in [1.82, 2.24) is 0 Å². The number of benzene rings is 1. The molecule has 0 aromatic heterocycles. The monoisotopic (exact) mass is 192 g/mol. The molecule has 0 bridgehead atoms. The second-order valence-corrected chi connectivity index (χ2v) is 4.55. The molecule has 0 unspecified atom stereocenters. The minimum absolute atomic E-state index is 0.221. The molecule has 0 radical (unpaired) electrons. The number of phenols is 1. The Hall–Kier alpha value is -1.02. The molecule has 0 heterocycles. The van der Waals surface area contributed by atoms with E-state index in [4.69, 9.17) is 0 Å². The molecule has 1 aliphatic rings. The second kappa shape index (κ2) is 2.99. The Balaban J connectivity index is 2.53. The molecule has 0 aliphatic heterocycles. The Morgan fingerprint density at radius 1 is 1.14 bits per heavy atom. The highest BCUT2D eigenvalue weighted by atomic mass is 16.3. The van der Waals surface area contributed by atoms with Crippen molar-refractivity contribution in [1.29, 1.82) is 0 Å². The van der Waals surface area contributed by atoms with Crippen LogP contribution in [0.25, 0.3) is 0 Å². The third-order valence-corrected chi connectivity index (χ3v) is 2.87. The molecule has 1 aliphatic carbocycles. The van der Waals surface area contributed by atoms with Crippen LogP contribution in [0.1, 0.15) is 37.0 Å². The topological polar surface area (TPSA) is 40.5 Å². The predicted octanol–water partition coefficient (Wildman–Crippen LogP) is 2.11. The molecule has 2 N–H and O–H groups in total. The third-order valence-electron chi connectivity index (χ3n) is 2.87. The highest BCUT2D eigenvalue weighted by molar-refractivity contribution is 5.46. The number of aromatic hydroxyl groups is 1. The fourth-order valence-electron chi connectivity index (χ4n) is 2.10. The molecular formula is C12H16O2. The van der Waals surface area contributed by atoms with Gasteiger partial charge in [0.2, 0.25) is 0 Å². The molecule has 2 nitrogen and oxygen atoms in total. The fraction of sp³-hybridized carbons (Fsp3) is 0.500. The predicted molar refractivity (Wildman–Crippen MR) is 55.4 cm³/mol. The van der Waals surface area contributed by atoms with Crippen molar-refractivity contribution in [3.8, 4) is 5.75 Å². The summed E-state index contributed by atoms with van der Waals surface area (Å²) in [5.41, 5.74) is 2.19. The molecule has 0 spiro atoms. The van der Waals surface area contributed by atoms with E-state index < -0.39 is 5.60 Å². The first kappa shape index (κ1) is 9.53. The number of hydrogen-bond donors (Lipinski definition) is 2. The molecular weight excluding hydrogens is 176 g/mol. The minimum Gasteiger partial charge on any atom is -0.508 e. The smallest absolute Gasteiger partial charge is 0.121 e. The lowest BCUT2D eigenvalue weighted by atomic mass is 9.94. The Morgan fingerprint density at radius 2 is 1.71 bits per heavy atom. The van der Waals surface area contributed by atoms with Crippen LogP contribution >= 0.6 is 0 Å². The van der Waals surface area contributed by atoms with E-state index in [1.807, 2.05) is 6.07 Å². The van der Waals surface area contributed by atoms with Gasteiger partial charge in [-0.05, 0) is 56.4 Å². The number of aliphatic hydroxyl groups is 1. The Labute approximate surface area is 84.2 Å². The number of phenolic OH excluding ortho intramolecular Hbond substituents is 1. The van der Waals surface area contributed by atoms with Crippen molar-refractivity contribution in [3.05, 3.63) is 28.8 Å². The number of fused-ring (bicyclic) bond motifs is 1. The Kier molecular flexibility index (Phi) is 2.04. The first-order valence-corrected chi connectivity index (χ1v) is 5.06. The molecule has 0 amide bonds. The summed E-state index contributed by atoms with van der Waals surface area (Å²) in [5, 5.41) is 19.6. The van der Waals surface area contributed by atoms with E-state index in [0.717, 1.165) is 19.3 Å². The first-order chi connectivity index (χ1) is 6.48. The zero-order valence-corrected chi connectivity index (χ0v) is 8.67. The maximum atomic E-state index is 9.84. The summed E-state index contributed by atoms with van der Waals surface area (Å²) in [6, 6.07) is 3.74. The van der Waals surface area contributed by atoms with E-state index in [1.54, 1.807) is 19.9 Å². The molecule has 0 saturated heterocycles. The summed E-state index contributed by atoms with van der Waals surface area (Å²) in [5.74, 6) is 0.221. The summed E-state index contributed by atoms with van der Waals surface area (Å²) in [6.45, 7) is 3.40. The van der Waals surface area contributed by atoms with Crippen LogP contribution in [-0.2, 0) is 18.4 Å². The summed E-state index contributed by atoms with van der Waals surface area (Å²) in [6.07, 6.45) is 3.28. The molecule has 0 saturated carbocycles. The van der Waals surface area contributed by atoms with Gasteiger partial charge in [-0.25, -0.2) is 0 Å². The maximum Gasteiger partial charge on any atom is 0.121 e. The third kappa shape index (κ3) is 1.50. The van der Waals surface area contributed by atoms with Gasteiger partial charge < -0.3 is 10.2 Å². The standard InChI is InChI=1S/C12H16O2/c1-12(2,14)10-6-8-4-3-5-9(8)7-11(10)13/h6-7,13-14H,3-5H2,1-2H3. The Morgan fingerprint density at radius 3 is 2.29 bits per heavy atom. The van der Waals surface area contributed by atoms with E-state index in [2.05, 4.69) is 0 Å². The van der Waals surface area contributed by atoms with Gasteiger partial charge in [0.05, 0.1) is 5.60 Å². The molecule has 76 valence electrons. The Bertz CT molecular complexity index is 361. The molecule has 0 fully saturated rings. The SMILES string of the molecule is CC(C)(O)c1cc2c(cc1O)CCC2. The quantitative estimate of drug-likeness (QED) is 0.715. The van der Waals surface area contributed by atoms with Crippen LogP contribution in [0.4, 0.5) is 0 Å². The van der Waals surface area contributed by atoms with Crippen LogP contribution in [0.5, 0.6) is 5.75 Å². The van der Waals surface area contributed by atoms with Gasteiger partial charge in [-0.1, -0.05) is 0 Å². The summed E-state index contributed by atoms with van der Waals surface area (Å²) >= 11 is 0. The van der Waals surface area contributed by atoms with Crippen molar-refractivity contribution < 1.29 is 10.2 Å². The van der Waals surface area contributed by atoms with Gasteiger partial charge in [-0.2, -0.15) is 0 Å². The number of aryl methyl sites for hydroxylation is 2. The molecule has 2 rings (SSSR count). The number of rotatable bonds is 1. The average Bonchev–Trinajstić information content (AvgIpc) is 2.47. The van der Waals surface area contributed by atoms with E-state index in [1.165, 1.54) is 11.1 Å². The van der Waals surface area contributed by atoms with Crippen molar-refractivity contribution in [2.75, 3.05) is 0 Å². The van der Waals surface area contributed by atoms with Gasteiger partial charge in [0.15, 0.2) is 0 Å². The van der Waals surface area contributed by atoms with Crippen molar-refractivity contribution in [2.24, 2.45) is 0 Å². The van der Waals surface area contributed by atoms with Gasteiger partial charge >= 0.3 is 0 Å². The maximum absolute atomic E-state index is 9.84. The molecule has 1 aromatic carbocycles. The molecule has 0 atom stereocenters. The summed E-state index contributed by atoms with van der Waals surface area (Å²) in [7, 11) is 0. The zero-order valence-electron chi connectivity index (χ0n) is 8.67. The number of hydrogen-bond acceptors (Lipinski definition) is 2. The van der Waals surface area contributed by atoms with Crippen LogP contribution in [0, 0.1) is 0 Å². The average molecular weight is 192 g/mol. The lowest BCUT2D eigenvalue weighted by molar-refractivity contribution is 0.0757. The fourth-order valence-corrected chi connectivity index (χ4v) is 2.10. The normalized spacial score (nSPS) is 15.6. The van der Waals surface area contributed by atoms with E-state index in [-0.39, 0.29) is 5.75 Å². The second-order valence-electron chi connectivity index (χ2n) is 4.55. The van der Waals surface area contributed by atoms with Crippen molar-refractivity contribution in [2.45, 2.75) is 38.7 Å².